The maximum Gasteiger partial charge on any atom is 0.255 e. The Morgan fingerprint density at radius 2 is 1.52 bits per heavy atom. The van der Waals surface area contributed by atoms with Gasteiger partial charge in [-0.15, -0.1) is 0 Å². The molecule has 4 aromatic rings. The Hall–Kier alpha value is -3.40. The van der Waals surface area contributed by atoms with Crippen LogP contribution in [0.2, 0.25) is 0 Å². The van der Waals surface area contributed by atoms with Crippen LogP contribution in [0.5, 0.6) is 0 Å². The molecule has 0 saturated carbocycles. The number of hydrogen-bond donors (Lipinski definition) is 0. The highest BCUT2D eigenvalue weighted by Gasteiger charge is 2.25. The maximum atomic E-state index is 13.8. The normalized spacial score (nSPS) is 11.4. The van der Waals surface area contributed by atoms with Gasteiger partial charge in [-0.25, -0.2) is 4.98 Å². The molecule has 0 spiro atoms. The van der Waals surface area contributed by atoms with Gasteiger partial charge >= 0.3 is 0 Å². The number of fused-ring (bicyclic) bond motifs is 1. The minimum atomic E-state index is 0.0324. The second-order valence-electron chi connectivity index (χ2n) is 9.44. The number of aryl methyl sites for hydroxylation is 5. The Balaban J connectivity index is 1.84. The Bertz CT molecular complexity index is 1320. The van der Waals surface area contributed by atoms with E-state index < -0.39 is 0 Å². The van der Waals surface area contributed by atoms with Crippen molar-refractivity contribution in [2.45, 2.75) is 61.1 Å². The summed E-state index contributed by atoms with van der Waals surface area (Å²) in [5.41, 5.74) is 9.51. The first-order valence-corrected chi connectivity index (χ1v) is 11.6. The van der Waals surface area contributed by atoms with Crippen molar-refractivity contribution in [3.05, 3.63) is 93.8 Å². The molecule has 33 heavy (non-hydrogen) atoms. The molecular formula is C29H33N3O. The monoisotopic (exact) mass is 439 g/mol. The van der Waals surface area contributed by atoms with E-state index in [9.17, 15) is 4.79 Å². The fourth-order valence-corrected chi connectivity index (χ4v) is 4.81. The number of benzene rings is 3. The van der Waals surface area contributed by atoms with Crippen molar-refractivity contribution in [3.8, 4) is 5.69 Å². The zero-order valence-corrected chi connectivity index (χ0v) is 20.7. The molecule has 0 aliphatic carbocycles. The Morgan fingerprint density at radius 1 is 0.879 bits per heavy atom. The van der Waals surface area contributed by atoms with Crippen LogP contribution in [0.25, 0.3) is 16.7 Å². The van der Waals surface area contributed by atoms with Crippen LogP contribution in [0.4, 0.5) is 0 Å². The molecule has 0 atom stereocenters. The fraction of sp³-hybridized carbons (Fsp3) is 0.310. The lowest BCUT2D eigenvalue weighted by Crippen LogP contribution is -2.38. The van der Waals surface area contributed by atoms with E-state index in [-0.39, 0.29) is 11.9 Å². The standard InChI is InChI=1S/C29H33N3O/c1-18(2)31(29(33)28-22(6)15-20(4)16-23(28)7)17-27-30-24-10-8-9-11-26(24)32(27)25-13-12-19(3)14-21(25)5/h8-16,18H,17H2,1-7H3. The summed E-state index contributed by atoms with van der Waals surface area (Å²) in [5, 5.41) is 0. The van der Waals surface area contributed by atoms with Gasteiger partial charge in [0.1, 0.15) is 5.82 Å². The molecule has 0 fully saturated rings. The second-order valence-corrected chi connectivity index (χ2v) is 9.44. The third kappa shape index (κ3) is 4.30. The van der Waals surface area contributed by atoms with Crippen molar-refractivity contribution in [2.24, 2.45) is 0 Å². The topological polar surface area (TPSA) is 38.1 Å². The summed E-state index contributed by atoms with van der Waals surface area (Å²) in [5.74, 6) is 0.923. The van der Waals surface area contributed by atoms with Gasteiger partial charge in [-0.05, 0) is 83.4 Å². The zero-order valence-electron chi connectivity index (χ0n) is 20.7. The zero-order chi connectivity index (χ0) is 23.9. The van der Waals surface area contributed by atoms with Crippen molar-refractivity contribution in [1.82, 2.24) is 14.5 Å². The van der Waals surface area contributed by atoms with Crippen LogP contribution in [0.1, 0.15) is 57.8 Å². The molecule has 170 valence electrons. The van der Waals surface area contributed by atoms with Gasteiger partial charge in [-0.1, -0.05) is 47.5 Å². The van der Waals surface area contributed by atoms with Gasteiger partial charge in [-0.3, -0.25) is 9.36 Å². The molecule has 0 aliphatic rings. The highest BCUT2D eigenvalue weighted by Crippen LogP contribution is 2.27. The van der Waals surface area contributed by atoms with E-state index in [0.29, 0.717) is 6.54 Å². The van der Waals surface area contributed by atoms with Gasteiger partial charge in [0, 0.05) is 11.6 Å². The number of para-hydroxylation sites is 2. The Morgan fingerprint density at radius 3 is 2.15 bits per heavy atom. The van der Waals surface area contributed by atoms with Crippen molar-refractivity contribution >= 4 is 16.9 Å². The van der Waals surface area contributed by atoms with Gasteiger partial charge in [0.2, 0.25) is 0 Å². The lowest BCUT2D eigenvalue weighted by atomic mass is 9.98. The number of carbonyl (C=O) groups is 1. The highest BCUT2D eigenvalue weighted by molar-refractivity contribution is 5.97. The van der Waals surface area contributed by atoms with E-state index in [1.54, 1.807) is 0 Å². The molecule has 0 saturated heterocycles. The fourth-order valence-electron chi connectivity index (χ4n) is 4.81. The first-order chi connectivity index (χ1) is 15.7. The third-order valence-electron chi connectivity index (χ3n) is 6.31. The molecule has 0 radical (unpaired) electrons. The van der Waals surface area contributed by atoms with E-state index in [1.165, 1.54) is 16.7 Å². The molecule has 1 heterocycles. The van der Waals surface area contributed by atoms with Gasteiger partial charge in [0.15, 0.2) is 0 Å². The van der Waals surface area contributed by atoms with Gasteiger partial charge < -0.3 is 4.90 Å². The first-order valence-electron chi connectivity index (χ1n) is 11.6. The molecule has 0 bridgehead atoms. The summed E-state index contributed by atoms with van der Waals surface area (Å²) >= 11 is 0. The number of hydrogen-bond acceptors (Lipinski definition) is 2. The van der Waals surface area contributed by atoms with Crippen LogP contribution in [0.3, 0.4) is 0 Å². The van der Waals surface area contributed by atoms with Crippen LogP contribution >= 0.6 is 0 Å². The second kappa shape index (κ2) is 8.86. The summed E-state index contributed by atoms with van der Waals surface area (Å²) in [4.78, 5) is 20.7. The van der Waals surface area contributed by atoms with Gasteiger partial charge in [0.25, 0.3) is 5.91 Å². The van der Waals surface area contributed by atoms with Crippen molar-refractivity contribution in [2.75, 3.05) is 0 Å². The average molecular weight is 440 g/mol. The Labute approximate surface area is 196 Å². The molecule has 0 aliphatic heterocycles. The number of carbonyl (C=O) groups excluding carboxylic acids is 1. The summed E-state index contributed by atoms with van der Waals surface area (Å²) in [6.07, 6.45) is 0. The average Bonchev–Trinajstić information content (AvgIpc) is 3.09. The minimum Gasteiger partial charge on any atom is -0.329 e. The number of imidazole rings is 1. The molecular weight excluding hydrogens is 406 g/mol. The lowest BCUT2D eigenvalue weighted by molar-refractivity contribution is 0.0683. The first kappa shape index (κ1) is 22.8. The third-order valence-corrected chi connectivity index (χ3v) is 6.31. The SMILES string of the molecule is Cc1ccc(-n2c(CN(C(=O)c3c(C)cc(C)cc3C)C(C)C)nc3ccccc32)c(C)c1. The van der Waals surface area contributed by atoms with Crippen LogP contribution in [-0.4, -0.2) is 26.4 Å². The van der Waals surface area contributed by atoms with Gasteiger partial charge in [0.05, 0.1) is 23.3 Å². The molecule has 3 aromatic carbocycles. The van der Waals surface area contributed by atoms with Crippen LogP contribution < -0.4 is 0 Å². The van der Waals surface area contributed by atoms with E-state index >= 15 is 0 Å². The maximum absolute atomic E-state index is 13.8. The molecule has 0 N–H and O–H groups in total. The molecule has 0 unspecified atom stereocenters. The molecule has 4 heteroatoms. The van der Waals surface area contributed by atoms with E-state index in [1.807, 2.05) is 36.9 Å². The quantitative estimate of drug-likeness (QED) is 0.350. The lowest BCUT2D eigenvalue weighted by Gasteiger charge is -2.28. The summed E-state index contributed by atoms with van der Waals surface area (Å²) in [6, 6.07) is 18.9. The smallest absolute Gasteiger partial charge is 0.255 e. The van der Waals surface area contributed by atoms with Crippen molar-refractivity contribution < 1.29 is 4.79 Å². The van der Waals surface area contributed by atoms with E-state index in [2.05, 4.69) is 75.6 Å². The van der Waals surface area contributed by atoms with Crippen molar-refractivity contribution in [3.63, 3.8) is 0 Å². The predicted molar refractivity (Wildman–Crippen MR) is 136 cm³/mol. The summed E-state index contributed by atoms with van der Waals surface area (Å²) < 4.78 is 2.21. The van der Waals surface area contributed by atoms with Gasteiger partial charge in [-0.2, -0.15) is 0 Å². The van der Waals surface area contributed by atoms with Crippen LogP contribution in [-0.2, 0) is 6.54 Å². The van der Waals surface area contributed by atoms with Crippen LogP contribution in [0.15, 0.2) is 54.6 Å². The summed E-state index contributed by atoms with van der Waals surface area (Å²) in [7, 11) is 0. The van der Waals surface area contributed by atoms with Crippen LogP contribution in [0, 0.1) is 34.6 Å². The number of aromatic nitrogens is 2. The number of rotatable bonds is 5. The molecule has 1 aromatic heterocycles. The molecule has 4 nitrogen and oxygen atoms in total. The highest BCUT2D eigenvalue weighted by atomic mass is 16.2. The van der Waals surface area contributed by atoms with E-state index in [0.717, 1.165) is 39.2 Å². The number of amides is 1. The molecule has 4 rings (SSSR count). The Kier molecular flexibility index (Phi) is 6.11. The summed E-state index contributed by atoms with van der Waals surface area (Å²) in [6.45, 7) is 14.9. The minimum absolute atomic E-state index is 0.0324. The van der Waals surface area contributed by atoms with Crippen molar-refractivity contribution in [1.29, 1.82) is 0 Å². The number of nitrogens with zero attached hydrogens (tertiary/aromatic N) is 3. The largest absolute Gasteiger partial charge is 0.329 e. The van der Waals surface area contributed by atoms with E-state index in [4.69, 9.17) is 4.98 Å². The molecule has 1 amide bonds. The predicted octanol–water partition coefficient (Wildman–Crippen LogP) is 6.62.